The molecule has 0 amide bonds. The van der Waals surface area contributed by atoms with Gasteiger partial charge in [-0.15, -0.1) is 11.3 Å². The summed E-state index contributed by atoms with van der Waals surface area (Å²) in [7, 11) is 0. The standard InChI is InChI=1S/C23H17FN2O4S/c1-13(28-18-6-3-2-5-17(18)24)23(27)29-14-8-9-15-19(11-14)30-22(26)16(12-25)21(15)20-7-4-10-31-20/h2-11,13,21H,26H2,1H3. The first kappa shape index (κ1) is 20.4. The molecule has 0 radical (unpaired) electrons. The van der Waals surface area contributed by atoms with Crippen LogP contribution in [0.15, 0.2) is 71.4 Å². The number of hydrogen-bond donors (Lipinski definition) is 1. The minimum atomic E-state index is -1.04. The molecular formula is C23H17FN2O4S. The van der Waals surface area contributed by atoms with Crippen LogP contribution in [-0.4, -0.2) is 12.1 Å². The Balaban J connectivity index is 1.55. The fourth-order valence-electron chi connectivity index (χ4n) is 3.22. The number of halogens is 1. The maximum Gasteiger partial charge on any atom is 0.352 e. The van der Waals surface area contributed by atoms with E-state index in [1.165, 1.54) is 42.5 Å². The first-order valence-corrected chi connectivity index (χ1v) is 10.2. The lowest BCUT2D eigenvalue weighted by atomic mass is 9.88. The molecule has 2 heterocycles. The highest BCUT2D eigenvalue weighted by atomic mass is 32.1. The lowest BCUT2D eigenvalue weighted by Gasteiger charge is -2.25. The Labute approximate surface area is 181 Å². The van der Waals surface area contributed by atoms with Gasteiger partial charge >= 0.3 is 5.97 Å². The molecule has 0 saturated carbocycles. The predicted octanol–water partition coefficient (Wildman–Crippen LogP) is 4.48. The molecule has 0 bridgehead atoms. The second kappa shape index (κ2) is 8.50. The molecule has 6 nitrogen and oxygen atoms in total. The van der Waals surface area contributed by atoms with Gasteiger partial charge in [-0.05, 0) is 36.6 Å². The molecule has 2 unspecified atom stereocenters. The molecule has 1 aliphatic rings. The van der Waals surface area contributed by atoms with Gasteiger partial charge in [-0.1, -0.05) is 24.3 Å². The summed E-state index contributed by atoms with van der Waals surface area (Å²) in [5.74, 6) is -1.06. The maximum atomic E-state index is 13.7. The van der Waals surface area contributed by atoms with Crippen LogP contribution in [0.4, 0.5) is 4.39 Å². The monoisotopic (exact) mass is 436 g/mol. The summed E-state index contributed by atoms with van der Waals surface area (Å²) in [5, 5.41) is 11.5. The van der Waals surface area contributed by atoms with Crippen LogP contribution in [-0.2, 0) is 4.79 Å². The van der Waals surface area contributed by atoms with E-state index in [4.69, 9.17) is 19.9 Å². The van der Waals surface area contributed by atoms with Gasteiger partial charge in [0.05, 0.1) is 5.92 Å². The van der Waals surface area contributed by atoms with Crippen LogP contribution in [0.2, 0.25) is 0 Å². The second-order valence-corrected chi connectivity index (χ2v) is 7.73. The highest BCUT2D eigenvalue weighted by Gasteiger charge is 2.32. The van der Waals surface area contributed by atoms with Gasteiger partial charge < -0.3 is 19.9 Å². The van der Waals surface area contributed by atoms with E-state index < -0.39 is 17.9 Å². The van der Waals surface area contributed by atoms with Gasteiger partial charge in [-0.3, -0.25) is 0 Å². The zero-order chi connectivity index (χ0) is 22.0. The quantitative estimate of drug-likeness (QED) is 0.468. The molecule has 4 rings (SSSR count). The molecule has 2 N–H and O–H groups in total. The first-order chi connectivity index (χ1) is 15.0. The van der Waals surface area contributed by atoms with Crippen molar-refractivity contribution in [2.75, 3.05) is 0 Å². The van der Waals surface area contributed by atoms with E-state index in [1.807, 2.05) is 17.5 Å². The lowest BCUT2D eigenvalue weighted by molar-refractivity contribution is -0.141. The van der Waals surface area contributed by atoms with E-state index in [2.05, 4.69) is 6.07 Å². The molecule has 8 heteroatoms. The Bertz CT molecular complexity index is 1200. The average Bonchev–Trinajstić information content (AvgIpc) is 3.28. The van der Waals surface area contributed by atoms with Gasteiger partial charge in [0.2, 0.25) is 5.88 Å². The second-order valence-electron chi connectivity index (χ2n) is 6.75. The largest absolute Gasteiger partial charge is 0.476 e. The van der Waals surface area contributed by atoms with Crippen LogP contribution in [0.5, 0.6) is 17.2 Å². The Hall–Kier alpha value is -3.83. The molecular weight excluding hydrogens is 419 g/mol. The number of nitrogens with zero attached hydrogens (tertiary/aromatic N) is 1. The summed E-state index contributed by atoms with van der Waals surface area (Å²) in [5.41, 5.74) is 7.04. The SMILES string of the molecule is CC(Oc1ccccc1F)C(=O)Oc1ccc2c(c1)OC(N)=C(C#N)C2c1cccs1. The van der Waals surface area contributed by atoms with Gasteiger partial charge in [0.15, 0.2) is 17.7 Å². The molecule has 3 aromatic rings. The summed E-state index contributed by atoms with van der Waals surface area (Å²) < 4.78 is 30.1. The van der Waals surface area contributed by atoms with Crippen molar-refractivity contribution in [3.05, 3.63) is 87.7 Å². The van der Waals surface area contributed by atoms with Crippen molar-refractivity contribution in [3.63, 3.8) is 0 Å². The zero-order valence-corrected chi connectivity index (χ0v) is 17.2. The normalized spacial score (nSPS) is 16.0. The number of nitrogens with two attached hydrogens (primary N) is 1. The van der Waals surface area contributed by atoms with E-state index in [1.54, 1.807) is 18.2 Å². The van der Waals surface area contributed by atoms with Crippen LogP contribution in [0.3, 0.4) is 0 Å². The number of rotatable bonds is 5. The highest BCUT2D eigenvalue weighted by molar-refractivity contribution is 7.10. The number of ether oxygens (including phenoxy) is 3. The first-order valence-electron chi connectivity index (χ1n) is 9.35. The molecule has 31 heavy (non-hydrogen) atoms. The Morgan fingerprint density at radius 1 is 1.26 bits per heavy atom. The van der Waals surface area contributed by atoms with Crippen molar-refractivity contribution < 1.29 is 23.4 Å². The third-order valence-corrected chi connectivity index (χ3v) is 5.65. The lowest BCUT2D eigenvalue weighted by Crippen LogP contribution is -2.28. The molecule has 1 aliphatic heterocycles. The van der Waals surface area contributed by atoms with Crippen LogP contribution in [0.25, 0.3) is 0 Å². The van der Waals surface area contributed by atoms with E-state index >= 15 is 0 Å². The Morgan fingerprint density at radius 3 is 2.77 bits per heavy atom. The van der Waals surface area contributed by atoms with E-state index in [0.29, 0.717) is 11.3 Å². The van der Waals surface area contributed by atoms with E-state index in [9.17, 15) is 14.4 Å². The number of hydrogen-bond acceptors (Lipinski definition) is 7. The van der Waals surface area contributed by atoms with Crippen LogP contribution in [0, 0.1) is 17.1 Å². The van der Waals surface area contributed by atoms with Gasteiger partial charge in [0.1, 0.15) is 23.1 Å². The average molecular weight is 436 g/mol. The molecule has 0 fully saturated rings. The van der Waals surface area contributed by atoms with Crippen LogP contribution < -0.4 is 19.9 Å². The topological polar surface area (TPSA) is 94.6 Å². The summed E-state index contributed by atoms with van der Waals surface area (Å²) >= 11 is 1.51. The maximum absolute atomic E-state index is 13.7. The molecule has 0 saturated heterocycles. The number of fused-ring (bicyclic) bond motifs is 1. The highest BCUT2D eigenvalue weighted by Crippen LogP contribution is 2.44. The number of esters is 1. The Kier molecular flexibility index (Phi) is 5.60. The van der Waals surface area contributed by atoms with Gasteiger partial charge in [0, 0.05) is 16.5 Å². The minimum absolute atomic E-state index is 0.00753. The summed E-state index contributed by atoms with van der Waals surface area (Å²) in [6.07, 6.45) is -1.04. The van der Waals surface area contributed by atoms with Gasteiger partial charge in [-0.25, -0.2) is 9.18 Å². The van der Waals surface area contributed by atoms with Gasteiger partial charge in [-0.2, -0.15) is 5.26 Å². The Morgan fingerprint density at radius 2 is 2.06 bits per heavy atom. The number of carbonyl (C=O) groups is 1. The molecule has 2 aromatic carbocycles. The molecule has 0 spiro atoms. The van der Waals surface area contributed by atoms with Crippen molar-refractivity contribution in [2.24, 2.45) is 5.73 Å². The van der Waals surface area contributed by atoms with Crippen LogP contribution >= 0.6 is 11.3 Å². The predicted molar refractivity (Wildman–Crippen MR) is 112 cm³/mol. The van der Waals surface area contributed by atoms with Crippen molar-refractivity contribution in [1.82, 2.24) is 0 Å². The minimum Gasteiger partial charge on any atom is -0.476 e. The number of thiophene rings is 1. The summed E-state index contributed by atoms with van der Waals surface area (Å²) in [6.45, 7) is 1.47. The van der Waals surface area contributed by atoms with Gasteiger partial charge in [0.25, 0.3) is 0 Å². The number of benzene rings is 2. The van der Waals surface area contributed by atoms with E-state index in [0.717, 1.165) is 10.4 Å². The third-order valence-electron chi connectivity index (χ3n) is 4.71. The number of para-hydroxylation sites is 1. The summed E-state index contributed by atoms with van der Waals surface area (Å²) in [6, 6.07) is 16.6. The fraction of sp³-hybridized carbons (Fsp3) is 0.130. The van der Waals surface area contributed by atoms with Crippen LogP contribution in [0.1, 0.15) is 23.3 Å². The van der Waals surface area contributed by atoms with E-state index in [-0.39, 0.29) is 23.3 Å². The number of carbonyl (C=O) groups excluding carboxylic acids is 1. The van der Waals surface area contributed by atoms with Crippen molar-refractivity contribution >= 4 is 17.3 Å². The van der Waals surface area contributed by atoms with Crippen molar-refractivity contribution in [1.29, 1.82) is 5.26 Å². The third kappa shape index (κ3) is 4.09. The van der Waals surface area contributed by atoms with Crippen molar-refractivity contribution in [3.8, 4) is 23.3 Å². The number of allylic oxidation sites excluding steroid dienone is 1. The zero-order valence-electron chi connectivity index (χ0n) is 16.4. The fourth-order valence-corrected chi connectivity index (χ4v) is 4.08. The molecule has 156 valence electrons. The molecule has 2 atom stereocenters. The molecule has 1 aromatic heterocycles. The van der Waals surface area contributed by atoms with Crippen molar-refractivity contribution in [2.45, 2.75) is 18.9 Å². The molecule has 0 aliphatic carbocycles. The number of nitriles is 1. The smallest absolute Gasteiger partial charge is 0.352 e. The summed E-state index contributed by atoms with van der Waals surface area (Å²) in [4.78, 5) is 13.4.